The Balaban J connectivity index is 1.87. The number of likely N-dealkylation sites (N-methyl/N-ethyl adjacent to an activating group) is 1. The molecule has 0 aliphatic heterocycles. The Morgan fingerprint density at radius 1 is 1.05 bits per heavy atom. The molecule has 0 fully saturated rings. The zero-order valence-electron chi connectivity index (χ0n) is 13.1. The molecule has 0 aliphatic rings. The number of hydrogen-bond acceptors (Lipinski definition) is 3. The zero-order chi connectivity index (χ0) is 15.2. The largest absolute Gasteiger partial charge is 0.492 e. The lowest BCUT2D eigenvalue weighted by molar-refractivity contribution is 0.326. The number of aryl methyl sites for hydroxylation is 2. The number of rotatable bonds is 6. The van der Waals surface area contributed by atoms with Gasteiger partial charge in [0.05, 0.1) is 6.54 Å². The van der Waals surface area contributed by atoms with Gasteiger partial charge in [-0.05, 0) is 43.2 Å². The van der Waals surface area contributed by atoms with E-state index in [1.54, 1.807) is 0 Å². The second-order valence-electron chi connectivity index (χ2n) is 5.41. The highest BCUT2D eigenvalue weighted by molar-refractivity contribution is 5.53. The molecule has 0 amide bonds. The zero-order valence-corrected chi connectivity index (χ0v) is 13.1. The summed E-state index contributed by atoms with van der Waals surface area (Å²) in [7, 11) is 2.10. The van der Waals surface area contributed by atoms with Crippen molar-refractivity contribution in [1.82, 2.24) is 0 Å². The van der Waals surface area contributed by atoms with E-state index in [1.165, 1.54) is 16.8 Å². The molecule has 112 valence electrons. The fourth-order valence-corrected chi connectivity index (χ4v) is 2.38. The number of anilines is 1. The van der Waals surface area contributed by atoms with Crippen LogP contribution in [0.3, 0.4) is 0 Å². The second-order valence-corrected chi connectivity index (χ2v) is 5.41. The molecule has 2 aromatic rings. The summed E-state index contributed by atoms with van der Waals surface area (Å²) in [4.78, 5) is 2.23. The van der Waals surface area contributed by atoms with Crippen molar-refractivity contribution in [3.8, 4) is 5.75 Å². The van der Waals surface area contributed by atoms with Gasteiger partial charge in [0.2, 0.25) is 0 Å². The number of nitrogens with two attached hydrogens (primary N) is 1. The Morgan fingerprint density at radius 3 is 2.38 bits per heavy atom. The van der Waals surface area contributed by atoms with Crippen LogP contribution in [-0.4, -0.2) is 20.2 Å². The number of hydrogen-bond donors (Lipinski definition) is 1. The summed E-state index contributed by atoms with van der Waals surface area (Å²) >= 11 is 0. The highest BCUT2D eigenvalue weighted by Crippen LogP contribution is 2.20. The minimum absolute atomic E-state index is 0.565. The van der Waals surface area contributed by atoms with Crippen molar-refractivity contribution in [1.29, 1.82) is 0 Å². The van der Waals surface area contributed by atoms with Gasteiger partial charge in [0.15, 0.2) is 0 Å². The van der Waals surface area contributed by atoms with Crippen molar-refractivity contribution < 1.29 is 4.74 Å². The molecule has 0 aliphatic carbocycles. The molecule has 2 rings (SSSR count). The summed E-state index contributed by atoms with van der Waals surface area (Å²) in [6.45, 7) is 6.33. The first kappa shape index (κ1) is 15.4. The van der Waals surface area contributed by atoms with Gasteiger partial charge in [-0.1, -0.05) is 29.8 Å². The van der Waals surface area contributed by atoms with E-state index in [0.29, 0.717) is 13.2 Å². The molecule has 0 heterocycles. The molecule has 0 aromatic heterocycles. The van der Waals surface area contributed by atoms with E-state index in [9.17, 15) is 0 Å². The van der Waals surface area contributed by atoms with Crippen LogP contribution in [0.5, 0.6) is 5.75 Å². The molecular weight excluding hydrogens is 260 g/mol. The summed E-state index contributed by atoms with van der Waals surface area (Å²) < 4.78 is 5.78. The lowest BCUT2D eigenvalue weighted by atomic mass is 10.1. The third-order valence-electron chi connectivity index (χ3n) is 3.62. The smallest absolute Gasteiger partial charge is 0.119 e. The minimum Gasteiger partial charge on any atom is -0.492 e. The maximum absolute atomic E-state index is 5.78. The number of ether oxygens (including phenoxy) is 1. The quantitative estimate of drug-likeness (QED) is 0.884. The molecule has 21 heavy (non-hydrogen) atoms. The highest BCUT2D eigenvalue weighted by Gasteiger charge is 2.05. The predicted octanol–water partition coefficient (Wildman–Crippen LogP) is 3.28. The molecule has 0 spiro atoms. The van der Waals surface area contributed by atoms with E-state index in [0.717, 1.165) is 17.9 Å². The van der Waals surface area contributed by atoms with Crippen molar-refractivity contribution in [3.05, 3.63) is 59.2 Å². The Kier molecular flexibility index (Phi) is 5.23. The van der Waals surface area contributed by atoms with Crippen LogP contribution >= 0.6 is 0 Å². The van der Waals surface area contributed by atoms with E-state index in [2.05, 4.69) is 44.0 Å². The van der Waals surface area contributed by atoms with Gasteiger partial charge in [0.1, 0.15) is 12.4 Å². The molecule has 0 saturated heterocycles. The maximum atomic E-state index is 5.78. The van der Waals surface area contributed by atoms with E-state index in [-0.39, 0.29) is 0 Å². The van der Waals surface area contributed by atoms with Crippen molar-refractivity contribution in [2.24, 2.45) is 5.73 Å². The van der Waals surface area contributed by atoms with Gasteiger partial charge in [0, 0.05) is 19.3 Å². The average molecular weight is 284 g/mol. The highest BCUT2D eigenvalue weighted by atomic mass is 16.5. The van der Waals surface area contributed by atoms with Crippen molar-refractivity contribution >= 4 is 5.69 Å². The Labute approximate surface area is 127 Å². The van der Waals surface area contributed by atoms with Crippen LogP contribution in [0.1, 0.15) is 16.7 Å². The predicted molar refractivity (Wildman–Crippen MR) is 89.0 cm³/mol. The Hall–Kier alpha value is -2.00. The van der Waals surface area contributed by atoms with Crippen LogP contribution in [-0.2, 0) is 6.54 Å². The summed E-state index contributed by atoms with van der Waals surface area (Å²) in [6.07, 6.45) is 0. The number of benzene rings is 2. The average Bonchev–Trinajstić information content (AvgIpc) is 2.47. The molecule has 0 saturated carbocycles. The summed E-state index contributed by atoms with van der Waals surface area (Å²) in [5.41, 5.74) is 10.5. The van der Waals surface area contributed by atoms with E-state index in [4.69, 9.17) is 10.5 Å². The minimum atomic E-state index is 0.565. The lowest BCUT2D eigenvalue weighted by Gasteiger charge is -2.22. The molecule has 0 unspecified atom stereocenters. The summed E-state index contributed by atoms with van der Waals surface area (Å²) in [5.74, 6) is 0.890. The molecule has 3 nitrogen and oxygen atoms in total. The van der Waals surface area contributed by atoms with Crippen LogP contribution in [0.25, 0.3) is 0 Å². The molecule has 0 radical (unpaired) electrons. The fraction of sp³-hybridized carbons (Fsp3) is 0.333. The normalized spacial score (nSPS) is 10.5. The van der Waals surface area contributed by atoms with Gasteiger partial charge in [-0.3, -0.25) is 0 Å². The van der Waals surface area contributed by atoms with Crippen molar-refractivity contribution in [3.63, 3.8) is 0 Å². The molecular formula is C18H24N2O. The Morgan fingerprint density at radius 2 is 1.76 bits per heavy atom. The molecule has 0 atom stereocenters. The maximum Gasteiger partial charge on any atom is 0.119 e. The first-order valence-corrected chi connectivity index (χ1v) is 7.30. The Bertz CT molecular complexity index is 578. The van der Waals surface area contributed by atoms with E-state index >= 15 is 0 Å². The molecule has 0 bridgehead atoms. The van der Waals surface area contributed by atoms with Crippen molar-refractivity contribution in [2.45, 2.75) is 20.4 Å². The number of nitrogens with zero attached hydrogens (tertiary/aromatic N) is 1. The molecule has 2 aromatic carbocycles. The monoisotopic (exact) mass is 284 g/mol. The lowest BCUT2D eigenvalue weighted by Crippen LogP contribution is -2.24. The fourth-order valence-electron chi connectivity index (χ4n) is 2.38. The van der Waals surface area contributed by atoms with Crippen LogP contribution in [0.2, 0.25) is 0 Å². The van der Waals surface area contributed by atoms with Crippen LogP contribution in [0.15, 0.2) is 42.5 Å². The summed E-state index contributed by atoms with van der Waals surface area (Å²) in [6, 6.07) is 14.5. The third-order valence-corrected chi connectivity index (χ3v) is 3.62. The van der Waals surface area contributed by atoms with Gasteiger partial charge >= 0.3 is 0 Å². The second kappa shape index (κ2) is 7.14. The molecule has 2 N–H and O–H groups in total. The van der Waals surface area contributed by atoms with Gasteiger partial charge in [-0.25, -0.2) is 0 Å². The van der Waals surface area contributed by atoms with E-state index < -0.39 is 0 Å². The van der Waals surface area contributed by atoms with Gasteiger partial charge in [-0.2, -0.15) is 0 Å². The third kappa shape index (κ3) is 4.23. The van der Waals surface area contributed by atoms with Gasteiger partial charge in [-0.15, -0.1) is 0 Å². The first-order chi connectivity index (χ1) is 10.1. The van der Waals surface area contributed by atoms with Crippen molar-refractivity contribution in [2.75, 3.05) is 25.1 Å². The van der Waals surface area contributed by atoms with Gasteiger partial charge in [0.25, 0.3) is 0 Å². The van der Waals surface area contributed by atoms with E-state index in [1.807, 2.05) is 24.3 Å². The topological polar surface area (TPSA) is 38.5 Å². The summed E-state index contributed by atoms with van der Waals surface area (Å²) in [5, 5.41) is 0. The van der Waals surface area contributed by atoms with Crippen LogP contribution < -0.4 is 15.4 Å². The standard InChI is InChI=1S/C18H24N2O/c1-14-4-9-18(15(2)12-14)20(3)10-11-21-17-7-5-16(13-19)6-8-17/h4-9,12H,10-11,13,19H2,1-3H3. The molecule has 3 heteroatoms. The van der Waals surface area contributed by atoms with Gasteiger partial charge < -0.3 is 15.4 Å². The van der Waals surface area contributed by atoms with Crippen LogP contribution in [0, 0.1) is 13.8 Å². The first-order valence-electron chi connectivity index (χ1n) is 7.30. The van der Waals surface area contributed by atoms with Crippen LogP contribution in [0.4, 0.5) is 5.69 Å². The SMILES string of the molecule is Cc1ccc(N(C)CCOc2ccc(CN)cc2)c(C)c1.